The topological polar surface area (TPSA) is 88.6 Å². The quantitative estimate of drug-likeness (QED) is 0.532. The van der Waals surface area contributed by atoms with Crippen LogP contribution in [-0.2, 0) is 14.8 Å². The minimum Gasteiger partial charge on any atom is -0.489 e. The highest BCUT2D eigenvalue weighted by Crippen LogP contribution is 2.28. The molecular weight excluding hydrogens is 414 g/mol. The molecule has 1 amide bonds. The summed E-state index contributed by atoms with van der Waals surface area (Å²) in [4.78, 5) is 16.4. The van der Waals surface area contributed by atoms with Crippen LogP contribution in [0.25, 0.3) is 0 Å². The van der Waals surface area contributed by atoms with Gasteiger partial charge in [0, 0.05) is 37.0 Å². The number of nitrogens with zero attached hydrogens (tertiary/aromatic N) is 2. The Bertz CT molecular complexity index is 989. The van der Waals surface area contributed by atoms with Crippen molar-refractivity contribution in [3.05, 3.63) is 60.4 Å². The van der Waals surface area contributed by atoms with Gasteiger partial charge in [0.1, 0.15) is 22.4 Å². The molecule has 1 aromatic carbocycles. The maximum Gasteiger partial charge on any atom is 0.246 e. The third kappa shape index (κ3) is 5.14. The molecule has 0 bridgehead atoms. The zero-order valence-corrected chi connectivity index (χ0v) is 17.3. The van der Waals surface area contributed by atoms with Crippen LogP contribution in [0.2, 0.25) is 5.15 Å². The van der Waals surface area contributed by atoms with E-state index in [4.69, 9.17) is 16.3 Å². The van der Waals surface area contributed by atoms with Crippen molar-refractivity contribution in [1.29, 1.82) is 0 Å². The number of hydrogen-bond acceptors (Lipinski definition) is 5. The summed E-state index contributed by atoms with van der Waals surface area (Å²) in [6.45, 7) is 4.47. The number of benzene rings is 1. The number of anilines is 1. The predicted octanol–water partition coefficient (Wildman–Crippen LogP) is 3.34. The molecule has 9 heteroatoms. The molecule has 1 fully saturated rings. The van der Waals surface area contributed by atoms with Crippen LogP contribution in [0, 0.1) is 5.92 Å². The number of carbonyl (C=O) groups is 1. The molecule has 1 saturated heterocycles. The molecule has 0 aliphatic carbocycles. The van der Waals surface area contributed by atoms with E-state index >= 15 is 0 Å². The molecule has 1 N–H and O–H groups in total. The number of ether oxygens (including phenoxy) is 1. The van der Waals surface area contributed by atoms with Gasteiger partial charge in [-0.05, 0) is 37.1 Å². The maximum atomic E-state index is 12.8. The number of amides is 1. The molecule has 0 atom stereocenters. The standard InChI is InChI=1S/C20H22ClN3O4S/c1-2-13-28-17-6-3-5-16(14-17)23-20(25)15-8-11-24(12-9-15)29(26,27)18-7-4-10-22-19(18)21/h2-7,10,14-15H,1,8-9,11-13H2,(H,23,25). The number of halogens is 1. The SMILES string of the molecule is C=CCOc1cccc(NC(=O)C2CCN(S(=O)(=O)c3cccnc3Cl)CC2)c1. The van der Waals surface area contributed by atoms with E-state index in [1.807, 2.05) is 0 Å². The van der Waals surface area contributed by atoms with Crippen LogP contribution in [0.4, 0.5) is 5.69 Å². The van der Waals surface area contributed by atoms with Crippen molar-refractivity contribution in [1.82, 2.24) is 9.29 Å². The fourth-order valence-electron chi connectivity index (χ4n) is 3.12. The Hall–Kier alpha value is -2.42. The molecule has 2 aromatic rings. The van der Waals surface area contributed by atoms with Crippen molar-refractivity contribution < 1.29 is 17.9 Å². The third-order valence-electron chi connectivity index (χ3n) is 4.64. The Kier molecular flexibility index (Phi) is 6.89. The average molecular weight is 436 g/mol. The minimum absolute atomic E-state index is 0.0130. The Balaban J connectivity index is 1.60. The van der Waals surface area contributed by atoms with Gasteiger partial charge in [-0.3, -0.25) is 4.79 Å². The van der Waals surface area contributed by atoms with Gasteiger partial charge in [0.15, 0.2) is 0 Å². The number of sulfonamides is 1. The highest BCUT2D eigenvalue weighted by atomic mass is 35.5. The van der Waals surface area contributed by atoms with E-state index in [2.05, 4.69) is 16.9 Å². The predicted molar refractivity (Wildman–Crippen MR) is 111 cm³/mol. The molecule has 154 valence electrons. The lowest BCUT2D eigenvalue weighted by atomic mass is 9.97. The summed E-state index contributed by atoms with van der Waals surface area (Å²) in [6, 6.07) is 10.1. The summed E-state index contributed by atoms with van der Waals surface area (Å²) in [6.07, 6.45) is 3.94. The molecule has 7 nitrogen and oxygen atoms in total. The fourth-order valence-corrected chi connectivity index (χ4v) is 5.02. The zero-order chi connectivity index (χ0) is 20.9. The molecule has 1 aliphatic rings. The number of piperidine rings is 1. The van der Waals surface area contributed by atoms with Crippen molar-refractivity contribution >= 4 is 33.2 Å². The second kappa shape index (κ2) is 9.39. The van der Waals surface area contributed by atoms with Crippen LogP contribution in [0.1, 0.15) is 12.8 Å². The van der Waals surface area contributed by atoms with Crippen LogP contribution in [-0.4, -0.2) is 43.3 Å². The fraction of sp³-hybridized carbons (Fsp3) is 0.300. The van der Waals surface area contributed by atoms with Gasteiger partial charge in [-0.25, -0.2) is 13.4 Å². The number of carbonyl (C=O) groups excluding carboxylic acids is 1. The maximum absolute atomic E-state index is 12.8. The van der Waals surface area contributed by atoms with E-state index in [9.17, 15) is 13.2 Å². The number of nitrogens with one attached hydrogen (secondary N) is 1. The van der Waals surface area contributed by atoms with Gasteiger partial charge in [-0.1, -0.05) is 30.3 Å². The van der Waals surface area contributed by atoms with Gasteiger partial charge in [-0.2, -0.15) is 4.31 Å². The Morgan fingerprint density at radius 1 is 1.31 bits per heavy atom. The Morgan fingerprint density at radius 2 is 2.07 bits per heavy atom. The summed E-state index contributed by atoms with van der Waals surface area (Å²) in [5.74, 6) is 0.225. The molecule has 29 heavy (non-hydrogen) atoms. The van der Waals surface area contributed by atoms with Crippen molar-refractivity contribution in [3.63, 3.8) is 0 Å². The normalized spacial score (nSPS) is 15.6. The van der Waals surface area contributed by atoms with E-state index in [0.717, 1.165) is 0 Å². The molecule has 0 saturated carbocycles. The van der Waals surface area contributed by atoms with Gasteiger partial charge in [-0.15, -0.1) is 0 Å². The number of aromatic nitrogens is 1. The lowest BCUT2D eigenvalue weighted by molar-refractivity contribution is -0.120. The van der Waals surface area contributed by atoms with E-state index < -0.39 is 10.0 Å². The first-order valence-corrected chi connectivity index (χ1v) is 11.0. The molecule has 0 spiro atoms. The van der Waals surface area contributed by atoms with Crippen molar-refractivity contribution in [2.75, 3.05) is 25.0 Å². The zero-order valence-electron chi connectivity index (χ0n) is 15.8. The largest absolute Gasteiger partial charge is 0.489 e. The Labute approximate surface area is 175 Å². The first kappa shape index (κ1) is 21.3. The summed E-state index contributed by atoms with van der Waals surface area (Å²) in [7, 11) is -3.73. The van der Waals surface area contributed by atoms with Crippen molar-refractivity contribution in [2.24, 2.45) is 5.92 Å². The number of pyridine rings is 1. The van der Waals surface area contributed by atoms with E-state index in [-0.39, 0.29) is 35.0 Å². The monoisotopic (exact) mass is 435 g/mol. The first-order chi connectivity index (χ1) is 13.9. The van der Waals surface area contributed by atoms with Gasteiger partial charge in [0.2, 0.25) is 15.9 Å². The highest BCUT2D eigenvalue weighted by Gasteiger charge is 2.33. The molecule has 3 rings (SSSR count). The van der Waals surface area contributed by atoms with E-state index in [1.165, 1.54) is 22.6 Å². The van der Waals surface area contributed by atoms with Crippen LogP contribution in [0.15, 0.2) is 60.1 Å². The van der Waals surface area contributed by atoms with Crippen molar-refractivity contribution in [3.8, 4) is 5.75 Å². The minimum atomic E-state index is -3.73. The van der Waals surface area contributed by atoms with E-state index in [1.54, 1.807) is 30.3 Å². The summed E-state index contributed by atoms with van der Waals surface area (Å²) in [5.41, 5.74) is 0.633. The number of hydrogen-bond donors (Lipinski definition) is 1. The van der Waals surface area contributed by atoms with Crippen LogP contribution >= 0.6 is 11.6 Å². The molecule has 0 radical (unpaired) electrons. The van der Waals surface area contributed by atoms with Crippen LogP contribution < -0.4 is 10.1 Å². The molecule has 1 aliphatic heterocycles. The molecule has 0 unspecified atom stereocenters. The second-order valence-corrected chi connectivity index (χ2v) is 8.85. The molecular formula is C20H22ClN3O4S. The summed E-state index contributed by atoms with van der Waals surface area (Å²) < 4.78 is 32.4. The van der Waals surface area contributed by atoms with Gasteiger partial charge in [0.05, 0.1) is 0 Å². The first-order valence-electron chi connectivity index (χ1n) is 9.17. The smallest absolute Gasteiger partial charge is 0.246 e. The van der Waals surface area contributed by atoms with Gasteiger partial charge >= 0.3 is 0 Å². The summed E-state index contributed by atoms with van der Waals surface area (Å²) >= 11 is 5.95. The summed E-state index contributed by atoms with van der Waals surface area (Å²) in [5, 5.41) is 2.83. The van der Waals surface area contributed by atoms with Gasteiger partial charge in [0.25, 0.3) is 0 Å². The average Bonchev–Trinajstić information content (AvgIpc) is 2.73. The van der Waals surface area contributed by atoms with Crippen LogP contribution in [0.5, 0.6) is 5.75 Å². The lowest BCUT2D eigenvalue weighted by Gasteiger charge is -2.30. The Morgan fingerprint density at radius 3 is 2.76 bits per heavy atom. The highest BCUT2D eigenvalue weighted by molar-refractivity contribution is 7.89. The van der Waals surface area contributed by atoms with Crippen molar-refractivity contribution in [2.45, 2.75) is 17.7 Å². The third-order valence-corrected chi connectivity index (χ3v) is 6.98. The number of rotatable bonds is 7. The second-order valence-electron chi connectivity index (χ2n) is 6.59. The van der Waals surface area contributed by atoms with Gasteiger partial charge < -0.3 is 10.1 Å². The molecule has 2 heterocycles. The lowest BCUT2D eigenvalue weighted by Crippen LogP contribution is -2.41. The van der Waals surface area contributed by atoms with E-state index in [0.29, 0.717) is 30.9 Å². The van der Waals surface area contributed by atoms with Crippen LogP contribution in [0.3, 0.4) is 0 Å². The molecule has 1 aromatic heterocycles.